The molecule has 0 atom stereocenters. The molecule has 0 aliphatic rings. The number of hydrogen-bond acceptors (Lipinski definition) is 1. The molecule has 0 amide bonds. The van der Waals surface area contributed by atoms with E-state index in [1.807, 2.05) is 40.5 Å². The molecule has 0 spiro atoms. The van der Waals surface area contributed by atoms with Crippen molar-refractivity contribution >= 4 is 22.6 Å². The van der Waals surface area contributed by atoms with Crippen molar-refractivity contribution in [2.24, 2.45) is 0 Å². The molecule has 0 bridgehead atoms. The Morgan fingerprint density at radius 1 is 1.27 bits per heavy atom. The van der Waals surface area contributed by atoms with Crippen LogP contribution < -0.4 is 4.74 Å². The van der Waals surface area contributed by atoms with Crippen LogP contribution in [0.25, 0.3) is 0 Å². The molecule has 0 saturated carbocycles. The van der Waals surface area contributed by atoms with Gasteiger partial charge in [-0.05, 0) is 22.3 Å². The Morgan fingerprint density at radius 3 is 2.64 bits per heavy atom. The Balaban J connectivity index is 2.39. The van der Waals surface area contributed by atoms with Gasteiger partial charge in [-0.25, -0.2) is 0 Å². The smallest absolute Gasteiger partial charge is 0.119 e. The second kappa shape index (κ2) is 5.18. The van der Waals surface area contributed by atoms with Crippen molar-refractivity contribution in [2.75, 3.05) is 6.61 Å². The van der Waals surface area contributed by atoms with Crippen LogP contribution in [0, 0.1) is 0 Å². The summed E-state index contributed by atoms with van der Waals surface area (Å²) in [4.78, 5) is 0. The fraction of sp³-hybridized carbons (Fsp3) is 0.111. The summed E-state index contributed by atoms with van der Waals surface area (Å²) in [6.45, 7) is 0.646. The van der Waals surface area contributed by atoms with E-state index >= 15 is 0 Å². The zero-order valence-corrected chi connectivity index (χ0v) is 8.19. The van der Waals surface area contributed by atoms with E-state index < -0.39 is 0 Å². The Morgan fingerprint density at radius 2 is 2.00 bits per heavy atom. The third-order valence-electron chi connectivity index (χ3n) is 1.18. The van der Waals surface area contributed by atoms with Crippen LogP contribution in [0.15, 0.2) is 40.5 Å². The molecule has 0 aliphatic carbocycles. The van der Waals surface area contributed by atoms with Gasteiger partial charge in [-0.2, -0.15) is 0 Å². The van der Waals surface area contributed by atoms with E-state index in [9.17, 15) is 0 Å². The Kier molecular flexibility index (Phi) is 4.04. The number of para-hydroxylation sites is 1. The Hall–Kier alpha value is -0.510. The van der Waals surface area contributed by atoms with Crippen LogP contribution in [0.2, 0.25) is 0 Å². The van der Waals surface area contributed by atoms with Crippen molar-refractivity contribution in [2.45, 2.75) is 0 Å². The summed E-state index contributed by atoms with van der Waals surface area (Å²) >= 11 is 2.17. The molecule has 1 aromatic rings. The number of hydrogen-bond donors (Lipinski definition) is 0. The summed E-state index contributed by atoms with van der Waals surface area (Å²) in [6, 6.07) is 9.79. The highest BCUT2D eigenvalue weighted by Crippen LogP contribution is 2.07. The first kappa shape index (κ1) is 8.59. The maximum Gasteiger partial charge on any atom is 0.119 e. The van der Waals surface area contributed by atoms with Gasteiger partial charge in [-0.3, -0.25) is 0 Å². The van der Waals surface area contributed by atoms with E-state index in [2.05, 4.69) is 22.6 Å². The van der Waals surface area contributed by atoms with Crippen molar-refractivity contribution < 1.29 is 4.74 Å². The molecule has 58 valence electrons. The van der Waals surface area contributed by atoms with Crippen molar-refractivity contribution in [3.8, 4) is 5.75 Å². The van der Waals surface area contributed by atoms with Gasteiger partial charge in [0.1, 0.15) is 12.4 Å². The molecular formula is C9H9IO. The van der Waals surface area contributed by atoms with Crippen molar-refractivity contribution in [3.05, 3.63) is 40.5 Å². The average molecular weight is 260 g/mol. The largest absolute Gasteiger partial charge is 0.490 e. The van der Waals surface area contributed by atoms with Crippen LogP contribution in [0.4, 0.5) is 0 Å². The lowest BCUT2D eigenvalue weighted by molar-refractivity contribution is 0.363. The lowest BCUT2D eigenvalue weighted by atomic mass is 10.3. The molecule has 0 unspecified atom stereocenters. The minimum Gasteiger partial charge on any atom is -0.490 e. The standard InChI is InChI=1S/C9H9IO/c10-7-4-8-11-9-5-2-1-3-6-9/h1-7H,8H2. The second-order valence-corrected chi connectivity index (χ2v) is 2.70. The maximum absolute atomic E-state index is 5.35. The van der Waals surface area contributed by atoms with Crippen molar-refractivity contribution in [3.63, 3.8) is 0 Å². The Labute approximate surface area is 80.2 Å². The zero-order chi connectivity index (χ0) is 7.94. The van der Waals surface area contributed by atoms with E-state index in [0.717, 1.165) is 5.75 Å². The summed E-state index contributed by atoms with van der Waals surface area (Å²) in [7, 11) is 0. The highest BCUT2D eigenvalue weighted by Gasteiger charge is 1.85. The highest BCUT2D eigenvalue weighted by molar-refractivity contribution is 14.1. The monoisotopic (exact) mass is 260 g/mol. The van der Waals surface area contributed by atoms with E-state index in [0.29, 0.717) is 6.61 Å². The molecule has 0 N–H and O–H groups in total. The van der Waals surface area contributed by atoms with Gasteiger partial charge in [0, 0.05) is 0 Å². The van der Waals surface area contributed by atoms with Crippen LogP contribution in [0.5, 0.6) is 5.75 Å². The molecule has 0 aliphatic heterocycles. The van der Waals surface area contributed by atoms with Gasteiger partial charge in [-0.1, -0.05) is 40.8 Å². The van der Waals surface area contributed by atoms with Crippen LogP contribution in [0.3, 0.4) is 0 Å². The first-order valence-corrected chi connectivity index (χ1v) is 4.61. The fourth-order valence-electron chi connectivity index (χ4n) is 0.697. The number of rotatable bonds is 3. The van der Waals surface area contributed by atoms with Gasteiger partial charge in [0.05, 0.1) is 0 Å². The van der Waals surface area contributed by atoms with Crippen molar-refractivity contribution in [1.82, 2.24) is 0 Å². The molecule has 0 heterocycles. The summed E-state index contributed by atoms with van der Waals surface area (Å²) in [6.07, 6.45) is 1.97. The first-order chi connectivity index (χ1) is 5.43. The van der Waals surface area contributed by atoms with Gasteiger partial charge in [0.25, 0.3) is 0 Å². The average Bonchev–Trinajstić information content (AvgIpc) is 2.07. The maximum atomic E-state index is 5.35. The van der Waals surface area contributed by atoms with E-state index in [4.69, 9.17) is 4.74 Å². The van der Waals surface area contributed by atoms with Crippen molar-refractivity contribution in [1.29, 1.82) is 0 Å². The van der Waals surface area contributed by atoms with E-state index in [1.54, 1.807) is 0 Å². The third kappa shape index (κ3) is 3.41. The van der Waals surface area contributed by atoms with Gasteiger partial charge >= 0.3 is 0 Å². The summed E-state index contributed by atoms with van der Waals surface area (Å²) in [5, 5.41) is 0. The molecule has 0 aromatic heterocycles. The molecule has 2 heteroatoms. The van der Waals surface area contributed by atoms with Gasteiger partial charge in [0.15, 0.2) is 0 Å². The van der Waals surface area contributed by atoms with Gasteiger partial charge in [-0.15, -0.1) is 0 Å². The lowest BCUT2D eigenvalue weighted by Gasteiger charge is -2.00. The summed E-state index contributed by atoms with van der Waals surface area (Å²) in [5.41, 5.74) is 0. The Bertz CT molecular complexity index is 218. The predicted octanol–water partition coefficient (Wildman–Crippen LogP) is 3.01. The quantitative estimate of drug-likeness (QED) is 0.759. The normalized spacial score (nSPS) is 10.3. The lowest BCUT2D eigenvalue weighted by Crippen LogP contribution is -1.91. The summed E-state index contributed by atoms with van der Waals surface area (Å²) < 4.78 is 7.30. The molecule has 1 nitrogen and oxygen atoms in total. The SMILES string of the molecule is IC=CCOc1ccccc1. The predicted molar refractivity (Wildman–Crippen MR) is 55.1 cm³/mol. The fourth-order valence-corrected chi connectivity index (χ4v) is 0.905. The van der Waals surface area contributed by atoms with E-state index in [1.165, 1.54) is 0 Å². The van der Waals surface area contributed by atoms with Crippen LogP contribution in [-0.2, 0) is 0 Å². The topological polar surface area (TPSA) is 9.23 Å². The number of benzene rings is 1. The van der Waals surface area contributed by atoms with Gasteiger partial charge < -0.3 is 4.74 Å². The summed E-state index contributed by atoms with van der Waals surface area (Å²) in [5.74, 6) is 0.919. The van der Waals surface area contributed by atoms with Gasteiger partial charge in [0.2, 0.25) is 0 Å². The van der Waals surface area contributed by atoms with Crippen LogP contribution in [-0.4, -0.2) is 6.61 Å². The molecule has 11 heavy (non-hydrogen) atoms. The van der Waals surface area contributed by atoms with Crippen LogP contribution in [0.1, 0.15) is 0 Å². The second-order valence-electron chi connectivity index (χ2n) is 1.99. The number of halogens is 1. The molecular weight excluding hydrogens is 251 g/mol. The zero-order valence-electron chi connectivity index (χ0n) is 6.03. The molecule has 1 aromatic carbocycles. The molecule has 0 saturated heterocycles. The minimum atomic E-state index is 0.646. The van der Waals surface area contributed by atoms with Crippen LogP contribution >= 0.6 is 22.6 Å². The third-order valence-corrected chi connectivity index (χ3v) is 1.69. The molecule has 1 rings (SSSR count). The molecule has 0 fully saturated rings. The minimum absolute atomic E-state index is 0.646. The number of ether oxygens (including phenoxy) is 1. The molecule has 0 radical (unpaired) electrons. The highest BCUT2D eigenvalue weighted by atomic mass is 127. The first-order valence-electron chi connectivity index (χ1n) is 3.36. The van der Waals surface area contributed by atoms with E-state index in [-0.39, 0.29) is 0 Å².